The van der Waals surface area contributed by atoms with Crippen molar-refractivity contribution in [2.75, 3.05) is 26.4 Å². The Kier molecular flexibility index (Phi) is 38.6. The summed E-state index contributed by atoms with van der Waals surface area (Å²) in [7, 11) is -5.07. The monoisotopic (exact) mass is 923 g/mol. The first kappa shape index (κ1) is 59.3. The topological polar surface area (TPSA) is 178 Å². The number of unbranched alkanes of at least 4 members (excludes halogenated alkanes) is 14. The maximum atomic E-state index is 12.9. The van der Waals surface area contributed by atoms with Gasteiger partial charge in [0.2, 0.25) is 0 Å². The van der Waals surface area contributed by atoms with E-state index >= 15 is 0 Å². The van der Waals surface area contributed by atoms with Crippen LogP contribution in [0.25, 0.3) is 0 Å². The van der Waals surface area contributed by atoms with Crippen LogP contribution in [0, 0.1) is 0 Å². The molecule has 1 fully saturated rings. The Hall–Kier alpha value is -2.72. The fraction of sp³-hybridized carbons (Fsp3) is 0.706. The van der Waals surface area contributed by atoms with Gasteiger partial charge in [-0.1, -0.05) is 163 Å². The molecule has 0 aromatic heterocycles. The van der Waals surface area contributed by atoms with Gasteiger partial charge in [0.25, 0.3) is 0 Å². The summed E-state index contributed by atoms with van der Waals surface area (Å²) < 4.78 is 59.1. The highest BCUT2D eigenvalue weighted by Crippen LogP contribution is 2.26. The van der Waals surface area contributed by atoms with Gasteiger partial charge < -0.3 is 34.3 Å². The number of aliphatic hydroxyl groups excluding tert-OH is 3. The highest BCUT2D eigenvalue weighted by Gasteiger charge is 2.48. The van der Waals surface area contributed by atoms with Crippen molar-refractivity contribution in [2.45, 2.75) is 205 Å². The minimum atomic E-state index is -5.07. The van der Waals surface area contributed by atoms with Crippen molar-refractivity contribution < 1.29 is 56.2 Å². The summed E-state index contributed by atoms with van der Waals surface area (Å²) >= 11 is 0. The third-order valence-corrected chi connectivity index (χ3v) is 11.0. The van der Waals surface area contributed by atoms with Crippen molar-refractivity contribution >= 4 is 16.4 Å². The van der Waals surface area contributed by atoms with E-state index in [1.165, 1.54) is 38.5 Å². The van der Waals surface area contributed by atoms with E-state index in [-0.39, 0.29) is 19.6 Å². The summed E-state index contributed by atoms with van der Waals surface area (Å²) in [5, 5.41) is 30.7. The van der Waals surface area contributed by atoms with Crippen molar-refractivity contribution in [2.24, 2.45) is 0 Å². The van der Waals surface area contributed by atoms with Crippen molar-refractivity contribution in [1.82, 2.24) is 0 Å². The number of ether oxygens (including phenoxy) is 4. The summed E-state index contributed by atoms with van der Waals surface area (Å²) in [5.74, 6) is -0.416. The summed E-state index contributed by atoms with van der Waals surface area (Å²) in [6.45, 7) is 3.69. The van der Waals surface area contributed by atoms with Crippen molar-refractivity contribution in [3.05, 3.63) is 85.1 Å². The van der Waals surface area contributed by atoms with Crippen LogP contribution in [0.4, 0.5) is 0 Å². The Labute approximate surface area is 387 Å². The Morgan fingerprint density at radius 3 is 1.50 bits per heavy atom. The normalized spacial score (nSPS) is 20.5. The maximum Gasteiger partial charge on any atom is 0.397 e. The first-order valence-electron chi connectivity index (χ1n) is 24.3. The molecule has 0 aliphatic carbocycles. The smallest absolute Gasteiger partial charge is 0.397 e. The molecule has 0 amide bonds. The van der Waals surface area contributed by atoms with Crippen LogP contribution in [-0.2, 0) is 38.3 Å². The van der Waals surface area contributed by atoms with Gasteiger partial charge in [-0.2, -0.15) is 8.42 Å². The molecule has 0 aromatic rings. The molecule has 0 saturated carbocycles. The molecule has 1 heterocycles. The molecule has 64 heavy (non-hydrogen) atoms. The number of esters is 1. The molecular formula is C51H86O12S. The average molecular weight is 923 g/mol. The van der Waals surface area contributed by atoms with Crippen LogP contribution in [0.2, 0.25) is 0 Å². The van der Waals surface area contributed by atoms with Gasteiger partial charge in [-0.05, 0) is 83.5 Å². The number of carbonyl (C=O) groups excluding carboxylic acids is 1. The van der Waals surface area contributed by atoms with Gasteiger partial charge in [0.1, 0.15) is 30.5 Å². The summed E-state index contributed by atoms with van der Waals surface area (Å²) in [4.78, 5) is 12.9. The second-order valence-electron chi connectivity index (χ2n) is 16.3. The highest BCUT2D eigenvalue weighted by molar-refractivity contribution is 7.80. The fourth-order valence-corrected chi connectivity index (χ4v) is 7.42. The molecule has 0 spiro atoms. The minimum absolute atomic E-state index is 0.0144. The quantitative estimate of drug-likeness (QED) is 0.0198. The molecular weight excluding hydrogens is 837 g/mol. The third-order valence-electron chi connectivity index (χ3n) is 10.5. The molecule has 6 unspecified atom stereocenters. The van der Waals surface area contributed by atoms with E-state index < -0.39 is 59.8 Å². The zero-order chi connectivity index (χ0) is 46.8. The van der Waals surface area contributed by atoms with E-state index in [2.05, 4.69) is 103 Å². The van der Waals surface area contributed by atoms with Crippen LogP contribution < -0.4 is 0 Å². The molecule has 368 valence electrons. The number of rotatable bonds is 41. The molecule has 0 bridgehead atoms. The lowest BCUT2D eigenvalue weighted by molar-refractivity contribution is -0.301. The average Bonchev–Trinajstić information content (AvgIpc) is 3.27. The Balaban J connectivity index is 2.38. The van der Waals surface area contributed by atoms with E-state index in [1.807, 2.05) is 0 Å². The standard InChI is InChI=1S/C51H86O12S/c1-3-5-7-9-11-13-15-17-19-20-21-22-23-24-25-26-27-28-30-32-34-36-38-40-47(53)61-45(43-59-41-39-37-35-33-31-29-18-16-14-12-10-8-6-4-2)44-60-51-49(55)50(63-64(56,57)58)48(54)46(42-52)62-51/h5-8,11-14,17-19,21-22,29,45-46,48-52,54-55H,3-4,9-10,15-16,20,23-28,30-44H2,1-2H3,(H,56,57,58)/b7-5-,8-6-,13-11-,14-12-,19-17-,22-21-,29-18-. The Morgan fingerprint density at radius 1 is 0.594 bits per heavy atom. The van der Waals surface area contributed by atoms with E-state index in [4.69, 9.17) is 18.9 Å². The lowest BCUT2D eigenvalue weighted by Crippen LogP contribution is -2.60. The lowest BCUT2D eigenvalue weighted by Gasteiger charge is -2.41. The zero-order valence-corrected chi connectivity index (χ0v) is 40.1. The molecule has 1 aliphatic rings. The Bertz CT molecular complexity index is 1440. The fourth-order valence-electron chi connectivity index (χ4n) is 6.91. The second-order valence-corrected chi connectivity index (χ2v) is 17.3. The van der Waals surface area contributed by atoms with Gasteiger partial charge in [-0.15, -0.1) is 0 Å². The third kappa shape index (κ3) is 34.6. The Morgan fingerprint density at radius 2 is 1.03 bits per heavy atom. The molecule has 13 heteroatoms. The number of aliphatic hydroxyl groups is 3. The second kappa shape index (κ2) is 41.7. The largest absolute Gasteiger partial charge is 0.457 e. The molecule has 1 aliphatic heterocycles. The summed E-state index contributed by atoms with van der Waals surface area (Å²) in [6, 6.07) is 0. The number of hydrogen-bond acceptors (Lipinski definition) is 11. The number of carbonyl (C=O) groups is 1. The summed E-state index contributed by atoms with van der Waals surface area (Å²) in [6.07, 6.45) is 46.2. The van der Waals surface area contributed by atoms with Crippen molar-refractivity contribution in [3.8, 4) is 0 Å². The van der Waals surface area contributed by atoms with E-state index in [9.17, 15) is 33.1 Å². The van der Waals surface area contributed by atoms with Crippen LogP contribution in [0.15, 0.2) is 85.1 Å². The maximum absolute atomic E-state index is 12.9. The van der Waals surface area contributed by atoms with Gasteiger partial charge in [-0.3, -0.25) is 9.35 Å². The van der Waals surface area contributed by atoms with Crippen molar-refractivity contribution in [1.29, 1.82) is 0 Å². The first-order chi connectivity index (χ1) is 31.1. The van der Waals surface area contributed by atoms with Crippen LogP contribution >= 0.6 is 0 Å². The summed E-state index contributed by atoms with van der Waals surface area (Å²) in [5.41, 5.74) is 0. The first-order valence-corrected chi connectivity index (χ1v) is 25.7. The van der Waals surface area contributed by atoms with Gasteiger partial charge in [-0.25, -0.2) is 4.18 Å². The van der Waals surface area contributed by atoms with Crippen LogP contribution in [-0.4, -0.2) is 97.5 Å². The van der Waals surface area contributed by atoms with E-state index in [1.54, 1.807) is 0 Å². The highest BCUT2D eigenvalue weighted by atomic mass is 32.3. The molecule has 12 nitrogen and oxygen atoms in total. The molecule has 1 saturated heterocycles. The predicted octanol–water partition coefficient (Wildman–Crippen LogP) is 10.9. The minimum Gasteiger partial charge on any atom is -0.457 e. The van der Waals surface area contributed by atoms with Crippen LogP contribution in [0.3, 0.4) is 0 Å². The zero-order valence-electron chi connectivity index (χ0n) is 39.3. The van der Waals surface area contributed by atoms with Crippen LogP contribution in [0.1, 0.15) is 168 Å². The molecule has 0 radical (unpaired) electrons. The molecule has 6 atom stereocenters. The molecule has 4 N–H and O–H groups in total. The SMILES string of the molecule is CC/C=C\C/C=C\C/C=C\C/C=C\CCCCCCCCCCCCC(=O)OC(COCCCCCC/C=C\C/C=C\C/C=C\CC)COC1OC(CO)C(O)C(OS(=O)(=O)O)C1O. The van der Waals surface area contributed by atoms with Gasteiger partial charge in [0.05, 0.1) is 19.8 Å². The van der Waals surface area contributed by atoms with Gasteiger partial charge >= 0.3 is 16.4 Å². The number of hydrogen-bond donors (Lipinski definition) is 4. The van der Waals surface area contributed by atoms with E-state index in [0.717, 1.165) is 103 Å². The predicted molar refractivity (Wildman–Crippen MR) is 257 cm³/mol. The van der Waals surface area contributed by atoms with E-state index in [0.29, 0.717) is 13.0 Å². The van der Waals surface area contributed by atoms with Gasteiger partial charge in [0.15, 0.2) is 6.29 Å². The molecule has 1 rings (SSSR count). The molecule has 0 aromatic carbocycles. The van der Waals surface area contributed by atoms with Crippen LogP contribution in [0.5, 0.6) is 0 Å². The lowest BCUT2D eigenvalue weighted by atomic mass is 9.99. The van der Waals surface area contributed by atoms with Gasteiger partial charge in [0, 0.05) is 13.0 Å². The van der Waals surface area contributed by atoms with Crippen molar-refractivity contribution in [3.63, 3.8) is 0 Å². The number of allylic oxidation sites excluding steroid dienone is 14.